The molecule has 3 rings (SSSR count). The third kappa shape index (κ3) is 2.92. The zero-order valence-electron chi connectivity index (χ0n) is 10.9. The molecule has 0 bridgehead atoms. The lowest BCUT2D eigenvalue weighted by Gasteiger charge is -1.99. The van der Waals surface area contributed by atoms with Gasteiger partial charge in [-0.2, -0.15) is 4.98 Å². The number of hydrogen-bond acceptors (Lipinski definition) is 5. The Morgan fingerprint density at radius 3 is 2.67 bits per heavy atom. The summed E-state index contributed by atoms with van der Waals surface area (Å²) in [4.78, 5) is 8.78. The largest absolute Gasteiger partial charge is 0.334 e. The van der Waals surface area contributed by atoms with Gasteiger partial charge in [0.1, 0.15) is 17.3 Å². The summed E-state index contributed by atoms with van der Waals surface area (Å²) in [5.74, 6) is -0.417. The second-order valence-corrected chi connectivity index (χ2v) is 5.04. The van der Waals surface area contributed by atoms with E-state index in [0.29, 0.717) is 11.3 Å². The van der Waals surface area contributed by atoms with E-state index in [1.54, 1.807) is 6.07 Å². The second-order valence-electron chi connectivity index (χ2n) is 4.16. The third-order valence-corrected chi connectivity index (χ3v) is 3.44. The molecule has 2 heterocycles. The average Bonchev–Trinajstić information content (AvgIpc) is 2.97. The standard InChI is InChI=1S/C14H9F2N3OS/c1-21-11-5-8(4-10(16)6-11)14-18-13(19-20-14)12-3-2-9(15)7-17-12/h2-7H,1H3. The Hall–Kier alpha value is -2.28. The molecule has 3 aromatic rings. The van der Waals surface area contributed by atoms with Gasteiger partial charge in [-0.05, 0) is 36.6 Å². The molecule has 0 aliphatic carbocycles. The Morgan fingerprint density at radius 2 is 1.95 bits per heavy atom. The molecule has 2 aromatic heterocycles. The van der Waals surface area contributed by atoms with Crippen LogP contribution in [0.15, 0.2) is 45.9 Å². The van der Waals surface area contributed by atoms with Crippen LogP contribution >= 0.6 is 11.8 Å². The fourth-order valence-corrected chi connectivity index (χ4v) is 2.23. The Labute approximate surface area is 123 Å². The van der Waals surface area contributed by atoms with E-state index in [1.807, 2.05) is 6.26 Å². The van der Waals surface area contributed by atoms with Crippen LogP contribution in [0.5, 0.6) is 0 Å². The summed E-state index contributed by atoms with van der Waals surface area (Å²) < 4.78 is 31.5. The Balaban J connectivity index is 1.98. The van der Waals surface area contributed by atoms with Crippen molar-refractivity contribution in [3.8, 4) is 23.0 Å². The Kier molecular flexibility index (Phi) is 3.66. The van der Waals surface area contributed by atoms with Crippen LogP contribution in [0.2, 0.25) is 0 Å². The van der Waals surface area contributed by atoms with Crippen molar-refractivity contribution in [2.24, 2.45) is 0 Å². The van der Waals surface area contributed by atoms with Crippen molar-refractivity contribution in [1.82, 2.24) is 15.1 Å². The zero-order chi connectivity index (χ0) is 14.8. The average molecular weight is 305 g/mol. The van der Waals surface area contributed by atoms with Crippen molar-refractivity contribution in [1.29, 1.82) is 0 Å². The maximum atomic E-state index is 13.5. The number of benzene rings is 1. The topological polar surface area (TPSA) is 51.8 Å². The monoisotopic (exact) mass is 305 g/mol. The summed E-state index contributed by atoms with van der Waals surface area (Å²) in [7, 11) is 0. The van der Waals surface area contributed by atoms with Crippen LogP contribution < -0.4 is 0 Å². The fourth-order valence-electron chi connectivity index (χ4n) is 1.76. The molecule has 0 fully saturated rings. The van der Waals surface area contributed by atoms with Gasteiger partial charge >= 0.3 is 0 Å². The van der Waals surface area contributed by atoms with Crippen molar-refractivity contribution in [3.05, 3.63) is 48.2 Å². The minimum atomic E-state index is -0.447. The minimum Gasteiger partial charge on any atom is -0.334 e. The van der Waals surface area contributed by atoms with Crippen molar-refractivity contribution in [3.63, 3.8) is 0 Å². The number of aromatic nitrogens is 3. The quantitative estimate of drug-likeness (QED) is 0.689. The molecule has 1 aromatic carbocycles. The zero-order valence-corrected chi connectivity index (χ0v) is 11.7. The molecule has 0 spiro atoms. The van der Waals surface area contributed by atoms with Gasteiger partial charge in [-0.25, -0.2) is 13.8 Å². The van der Waals surface area contributed by atoms with E-state index < -0.39 is 5.82 Å². The van der Waals surface area contributed by atoms with Crippen molar-refractivity contribution in [2.45, 2.75) is 4.90 Å². The van der Waals surface area contributed by atoms with Gasteiger partial charge in [0.05, 0.1) is 6.20 Å². The highest BCUT2D eigenvalue weighted by atomic mass is 32.2. The molecule has 0 unspecified atom stereocenters. The van der Waals surface area contributed by atoms with E-state index in [0.717, 1.165) is 11.1 Å². The summed E-state index contributed by atoms with van der Waals surface area (Å²) in [5.41, 5.74) is 0.869. The fraction of sp³-hybridized carbons (Fsp3) is 0.0714. The second kappa shape index (κ2) is 5.61. The lowest BCUT2D eigenvalue weighted by Crippen LogP contribution is -1.87. The van der Waals surface area contributed by atoms with Gasteiger partial charge in [0.15, 0.2) is 0 Å². The highest BCUT2D eigenvalue weighted by Gasteiger charge is 2.13. The summed E-state index contributed by atoms with van der Waals surface area (Å²) in [6, 6.07) is 7.19. The normalized spacial score (nSPS) is 10.8. The number of thioether (sulfide) groups is 1. The predicted molar refractivity (Wildman–Crippen MR) is 74.7 cm³/mol. The number of nitrogens with zero attached hydrogens (tertiary/aromatic N) is 3. The van der Waals surface area contributed by atoms with Gasteiger partial charge in [0.2, 0.25) is 5.82 Å². The van der Waals surface area contributed by atoms with Gasteiger partial charge in [-0.1, -0.05) is 5.16 Å². The number of halogens is 2. The first-order chi connectivity index (χ1) is 10.2. The van der Waals surface area contributed by atoms with E-state index in [-0.39, 0.29) is 17.5 Å². The number of pyridine rings is 1. The lowest BCUT2D eigenvalue weighted by atomic mass is 10.2. The molecule has 0 aliphatic rings. The number of rotatable bonds is 3. The molecule has 0 saturated heterocycles. The van der Waals surface area contributed by atoms with Crippen LogP contribution in [0, 0.1) is 11.6 Å². The molecule has 0 saturated carbocycles. The third-order valence-electron chi connectivity index (χ3n) is 2.74. The maximum Gasteiger partial charge on any atom is 0.258 e. The summed E-state index contributed by atoms with van der Waals surface area (Å²) in [6.45, 7) is 0. The maximum absolute atomic E-state index is 13.5. The van der Waals surface area contributed by atoms with Crippen molar-refractivity contribution >= 4 is 11.8 Å². The Bertz CT molecular complexity index is 774. The molecule has 106 valence electrons. The van der Waals surface area contributed by atoms with Crippen LogP contribution in [0.3, 0.4) is 0 Å². The smallest absolute Gasteiger partial charge is 0.258 e. The molecule has 0 amide bonds. The number of hydrogen-bond donors (Lipinski definition) is 0. The van der Waals surface area contributed by atoms with Crippen LogP contribution in [0.25, 0.3) is 23.0 Å². The van der Waals surface area contributed by atoms with E-state index in [2.05, 4.69) is 15.1 Å². The molecule has 7 heteroatoms. The molecule has 0 aliphatic heterocycles. The van der Waals surface area contributed by atoms with Gasteiger partial charge in [-0.15, -0.1) is 11.8 Å². The van der Waals surface area contributed by atoms with E-state index >= 15 is 0 Å². The van der Waals surface area contributed by atoms with Crippen LogP contribution in [0.4, 0.5) is 8.78 Å². The lowest BCUT2D eigenvalue weighted by molar-refractivity contribution is 0.431. The predicted octanol–water partition coefficient (Wildman–Crippen LogP) is 3.80. The van der Waals surface area contributed by atoms with Crippen LogP contribution in [-0.2, 0) is 0 Å². The van der Waals surface area contributed by atoms with E-state index in [9.17, 15) is 8.78 Å². The van der Waals surface area contributed by atoms with E-state index in [4.69, 9.17) is 4.52 Å². The van der Waals surface area contributed by atoms with Gasteiger partial charge in [0.25, 0.3) is 5.89 Å². The molecule has 0 radical (unpaired) electrons. The highest BCUT2D eigenvalue weighted by Crippen LogP contribution is 2.26. The van der Waals surface area contributed by atoms with Gasteiger partial charge in [0, 0.05) is 10.5 Å². The molecule has 4 nitrogen and oxygen atoms in total. The summed E-state index contributed by atoms with van der Waals surface area (Å²) in [5, 5.41) is 3.78. The molecule has 21 heavy (non-hydrogen) atoms. The van der Waals surface area contributed by atoms with Crippen molar-refractivity contribution < 1.29 is 13.3 Å². The molecular weight excluding hydrogens is 296 g/mol. The molecule has 0 N–H and O–H groups in total. The Morgan fingerprint density at radius 1 is 1.10 bits per heavy atom. The highest BCUT2D eigenvalue weighted by molar-refractivity contribution is 7.98. The molecule has 0 atom stereocenters. The molecular formula is C14H9F2N3OS. The van der Waals surface area contributed by atoms with Gasteiger partial charge < -0.3 is 4.52 Å². The first kappa shape index (κ1) is 13.7. The van der Waals surface area contributed by atoms with Crippen LogP contribution in [0.1, 0.15) is 0 Å². The summed E-state index contributed by atoms with van der Waals surface area (Å²) in [6.07, 6.45) is 2.92. The first-order valence-corrected chi connectivity index (χ1v) is 7.19. The van der Waals surface area contributed by atoms with Gasteiger partial charge in [-0.3, -0.25) is 0 Å². The minimum absolute atomic E-state index is 0.186. The van der Waals surface area contributed by atoms with Crippen LogP contribution in [-0.4, -0.2) is 21.4 Å². The summed E-state index contributed by atoms with van der Waals surface area (Å²) >= 11 is 1.41. The van der Waals surface area contributed by atoms with Crippen molar-refractivity contribution in [2.75, 3.05) is 6.26 Å². The van der Waals surface area contributed by atoms with E-state index in [1.165, 1.54) is 36.0 Å². The first-order valence-electron chi connectivity index (χ1n) is 5.96. The SMILES string of the molecule is CSc1cc(F)cc(-c2nc(-c3ccc(F)cn3)no2)c1.